The van der Waals surface area contributed by atoms with Gasteiger partial charge in [-0.3, -0.25) is 4.79 Å². The Morgan fingerprint density at radius 1 is 1.09 bits per heavy atom. The standard InChI is InChI=1S/C14H10BF4NO3/c16-12-5-4-10(7-11(12)15(22)23)20-13(21)8-2-1-3-9(6-8)14(17,18)19/h1-7,22-23H,(H,20,21). The van der Waals surface area contributed by atoms with Crippen molar-refractivity contribution < 1.29 is 32.4 Å². The Hall–Kier alpha value is -2.39. The summed E-state index contributed by atoms with van der Waals surface area (Å²) in [5.41, 5.74) is -1.67. The van der Waals surface area contributed by atoms with Crippen LogP contribution >= 0.6 is 0 Å². The van der Waals surface area contributed by atoms with Crippen LogP contribution in [0.5, 0.6) is 0 Å². The zero-order valence-electron chi connectivity index (χ0n) is 11.4. The third kappa shape index (κ3) is 4.08. The fourth-order valence-corrected chi connectivity index (χ4v) is 1.86. The highest BCUT2D eigenvalue weighted by Gasteiger charge is 2.30. The van der Waals surface area contributed by atoms with Gasteiger partial charge >= 0.3 is 13.3 Å². The van der Waals surface area contributed by atoms with Gasteiger partial charge in [-0.25, -0.2) is 4.39 Å². The Morgan fingerprint density at radius 3 is 2.39 bits per heavy atom. The van der Waals surface area contributed by atoms with Crippen molar-refractivity contribution in [1.82, 2.24) is 0 Å². The maximum absolute atomic E-state index is 13.3. The quantitative estimate of drug-likeness (QED) is 0.595. The van der Waals surface area contributed by atoms with Crippen molar-refractivity contribution in [2.24, 2.45) is 0 Å². The molecule has 0 saturated carbocycles. The molecule has 0 aromatic heterocycles. The monoisotopic (exact) mass is 327 g/mol. The number of hydrogen-bond acceptors (Lipinski definition) is 3. The fourth-order valence-electron chi connectivity index (χ4n) is 1.86. The molecule has 0 radical (unpaired) electrons. The van der Waals surface area contributed by atoms with Gasteiger partial charge in [-0.05, 0) is 36.4 Å². The van der Waals surface area contributed by atoms with E-state index in [4.69, 9.17) is 10.0 Å². The van der Waals surface area contributed by atoms with Crippen LogP contribution in [0.1, 0.15) is 15.9 Å². The fraction of sp³-hybridized carbons (Fsp3) is 0.0714. The highest BCUT2D eigenvalue weighted by Crippen LogP contribution is 2.29. The number of benzene rings is 2. The molecule has 0 atom stereocenters. The van der Waals surface area contributed by atoms with Crippen LogP contribution in [0.3, 0.4) is 0 Å². The normalized spacial score (nSPS) is 11.2. The summed E-state index contributed by atoms with van der Waals surface area (Å²) in [4.78, 5) is 12.0. The number of nitrogens with one attached hydrogen (secondary N) is 1. The minimum absolute atomic E-state index is 0.0110. The second-order valence-corrected chi connectivity index (χ2v) is 4.64. The molecule has 2 aromatic carbocycles. The predicted molar refractivity (Wildman–Crippen MR) is 75.6 cm³/mol. The number of rotatable bonds is 3. The van der Waals surface area contributed by atoms with E-state index in [2.05, 4.69) is 5.32 Å². The Balaban J connectivity index is 2.24. The summed E-state index contributed by atoms with van der Waals surface area (Å²) in [5.74, 6) is -1.74. The Morgan fingerprint density at radius 2 is 1.78 bits per heavy atom. The molecule has 0 unspecified atom stereocenters. The lowest BCUT2D eigenvalue weighted by atomic mass is 9.79. The van der Waals surface area contributed by atoms with Crippen LogP contribution in [-0.4, -0.2) is 23.1 Å². The Labute approximate surface area is 128 Å². The van der Waals surface area contributed by atoms with Crippen LogP contribution in [0.25, 0.3) is 0 Å². The first kappa shape index (κ1) is 17.0. The smallest absolute Gasteiger partial charge is 0.423 e. The molecule has 0 aliphatic rings. The number of carbonyl (C=O) groups excluding carboxylic acids is 1. The van der Waals surface area contributed by atoms with Crippen molar-refractivity contribution in [2.75, 3.05) is 5.32 Å². The molecule has 2 aromatic rings. The van der Waals surface area contributed by atoms with E-state index in [1.54, 1.807) is 0 Å². The summed E-state index contributed by atoms with van der Waals surface area (Å²) in [7, 11) is -2.08. The van der Waals surface area contributed by atoms with Gasteiger partial charge in [0.15, 0.2) is 0 Å². The zero-order valence-corrected chi connectivity index (χ0v) is 11.4. The maximum atomic E-state index is 13.3. The molecule has 1 amide bonds. The number of amides is 1. The SMILES string of the molecule is O=C(Nc1ccc(F)c(B(O)O)c1)c1cccc(C(F)(F)F)c1. The number of carbonyl (C=O) groups is 1. The first-order valence-corrected chi connectivity index (χ1v) is 6.32. The molecule has 120 valence electrons. The van der Waals surface area contributed by atoms with Crippen LogP contribution < -0.4 is 10.8 Å². The lowest BCUT2D eigenvalue weighted by Gasteiger charge is -2.10. The molecule has 9 heteroatoms. The van der Waals surface area contributed by atoms with E-state index < -0.39 is 36.0 Å². The van der Waals surface area contributed by atoms with Crippen LogP contribution in [0.4, 0.5) is 23.2 Å². The molecule has 0 aliphatic carbocycles. The van der Waals surface area contributed by atoms with Crippen molar-refractivity contribution in [2.45, 2.75) is 6.18 Å². The molecule has 0 aliphatic heterocycles. The Bertz CT molecular complexity index is 734. The molecule has 0 saturated heterocycles. The molecule has 2 rings (SSSR count). The second-order valence-electron chi connectivity index (χ2n) is 4.64. The van der Waals surface area contributed by atoms with E-state index >= 15 is 0 Å². The van der Waals surface area contributed by atoms with Gasteiger partial charge in [0.2, 0.25) is 0 Å². The molecule has 3 N–H and O–H groups in total. The zero-order chi connectivity index (χ0) is 17.2. The summed E-state index contributed by atoms with van der Waals surface area (Å²) < 4.78 is 51.2. The first-order chi connectivity index (χ1) is 10.7. The largest absolute Gasteiger partial charge is 0.491 e. The van der Waals surface area contributed by atoms with Crippen molar-refractivity contribution in [3.63, 3.8) is 0 Å². The summed E-state index contributed by atoms with van der Waals surface area (Å²) in [6.07, 6.45) is -4.58. The minimum atomic E-state index is -4.58. The Kier molecular flexibility index (Phi) is 4.72. The van der Waals surface area contributed by atoms with Crippen LogP contribution in [-0.2, 0) is 6.18 Å². The van der Waals surface area contributed by atoms with E-state index in [1.807, 2.05) is 0 Å². The summed E-state index contributed by atoms with van der Waals surface area (Å²) in [6, 6.07) is 6.81. The second kappa shape index (κ2) is 6.39. The van der Waals surface area contributed by atoms with E-state index in [9.17, 15) is 22.4 Å². The lowest BCUT2D eigenvalue weighted by molar-refractivity contribution is -0.137. The van der Waals surface area contributed by atoms with Gasteiger partial charge in [0.25, 0.3) is 5.91 Å². The highest BCUT2D eigenvalue weighted by atomic mass is 19.4. The van der Waals surface area contributed by atoms with Crippen molar-refractivity contribution >= 4 is 24.2 Å². The number of halogens is 4. The van der Waals surface area contributed by atoms with Gasteiger partial charge in [-0.2, -0.15) is 13.2 Å². The molecule has 0 fully saturated rings. The summed E-state index contributed by atoms with van der Waals surface area (Å²) >= 11 is 0. The predicted octanol–water partition coefficient (Wildman–Crippen LogP) is 1.78. The van der Waals surface area contributed by atoms with Crippen LogP contribution in [0, 0.1) is 5.82 Å². The topological polar surface area (TPSA) is 69.6 Å². The highest BCUT2D eigenvalue weighted by molar-refractivity contribution is 6.58. The van der Waals surface area contributed by atoms with Gasteiger partial charge < -0.3 is 15.4 Å². The maximum Gasteiger partial charge on any atom is 0.491 e. The van der Waals surface area contributed by atoms with E-state index in [0.29, 0.717) is 6.07 Å². The van der Waals surface area contributed by atoms with Crippen molar-refractivity contribution in [3.8, 4) is 0 Å². The molecular weight excluding hydrogens is 317 g/mol. The third-order valence-corrected chi connectivity index (χ3v) is 2.98. The van der Waals surface area contributed by atoms with E-state index in [-0.39, 0.29) is 11.3 Å². The molecule has 0 heterocycles. The first-order valence-electron chi connectivity index (χ1n) is 6.32. The lowest BCUT2D eigenvalue weighted by Crippen LogP contribution is -2.33. The molecule has 0 spiro atoms. The average molecular weight is 327 g/mol. The number of alkyl halides is 3. The number of anilines is 1. The van der Waals surface area contributed by atoms with Crippen molar-refractivity contribution in [3.05, 3.63) is 59.4 Å². The van der Waals surface area contributed by atoms with E-state index in [0.717, 1.165) is 30.3 Å². The summed E-state index contributed by atoms with van der Waals surface area (Å²) in [5, 5.41) is 20.2. The van der Waals surface area contributed by atoms with Gasteiger partial charge in [-0.15, -0.1) is 0 Å². The summed E-state index contributed by atoms with van der Waals surface area (Å²) in [6.45, 7) is 0. The van der Waals surface area contributed by atoms with Crippen LogP contribution in [0.15, 0.2) is 42.5 Å². The van der Waals surface area contributed by atoms with Gasteiger partial charge in [0.05, 0.1) is 5.56 Å². The van der Waals surface area contributed by atoms with Gasteiger partial charge in [0, 0.05) is 16.7 Å². The van der Waals surface area contributed by atoms with Crippen LogP contribution in [0.2, 0.25) is 0 Å². The molecule has 0 bridgehead atoms. The molecule has 4 nitrogen and oxygen atoms in total. The number of hydrogen-bond donors (Lipinski definition) is 3. The average Bonchev–Trinajstić information content (AvgIpc) is 2.48. The van der Waals surface area contributed by atoms with E-state index in [1.165, 1.54) is 6.07 Å². The minimum Gasteiger partial charge on any atom is -0.423 e. The van der Waals surface area contributed by atoms with Gasteiger partial charge in [-0.1, -0.05) is 6.07 Å². The molecular formula is C14H10BF4NO3. The van der Waals surface area contributed by atoms with Crippen molar-refractivity contribution in [1.29, 1.82) is 0 Å². The van der Waals surface area contributed by atoms with Gasteiger partial charge in [0.1, 0.15) is 5.82 Å². The third-order valence-electron chi connectivity index (χ3n) is 2.98. The molecule has 23 heavy (non-hydrogen) atoms.